The van der Waals surface area contributed by atoms with Gasteiger partial charge in [-0.3, -0.25) is 0 Å². The Balaban J connectivity index is 0.000000371. The Morgan fingerprint density at radius 1 is 1.40 bits per heavy atom. The van der Waals surface area contributed by atoms with Crippen molar-refractivity contribution in [2.24, 2.45) is 0 Å². The van der Waals surface area contributed by atoms with Crippen LogP contribution >= 0.6 is 11.3 Å². The molecule has 0 spiro atoms. The highest BCUT2D eigenvalue weighted by molar-refractivity contribution is 7.15. The van der Waals surface area contributed by atoms with Gasteiger partial charge in [0.1, 0.15) is 0 Å². The molecule has 0 atom stereocenters. The highest BCUT2D eigenvalue weighted by atomic mass is 32.1. The van der Waals surface area contributed by atoms with Crippen molar-refractivity contribution < 1.29 is 10.7 Å². The second-order valence-electron chi connectivity index (χ2n) is 1.58. The molecule has 0 unspecified atom stereocenters. The van der Waals surface area contributed by atoms with Gasteiger partial charge in [0.05, 0.1) is 0 Å². The minimum atomic E-state index is 0.919. The first-order chi connectivity index (χ1) is 4.83. The second kappa shape index (κ2) is 5.41. The monoisotopic (exact) mass is 160 g/mol. The fourth-order valence-corrected chi connectivity index (χ4v) is 1.22. The van der Waals surface area contributed by atoms with Crippen molar-refractivity contribution in [3.05, 3.63) is 17.0 Å². The summed E-state index contributed by atoms with van der Waals surface area (Å²) < 4.78 is 0. The minimum absolute atomic E-state index is 0.919. The van der Waals surface area contributed by atoms with Crippen LogP contribution in [0.15, 0.2) is 12.1 Å². The lowest BCUT2D eigenvalue weighted by Crippen LogP contribution is -2.73. The highest BCUT2D eigenvalue weighted by Gasteiger charge is 1.94. The van der Waals surface area contributed by atoms with Gasteiger partial charge in [-0.25, -0.2) is 5.21 Å². The van der Waals surface area contributed by atoms with Crippen LogP contribution in [0, 0.1) is 6.92 Å². The van der Waals surface area contributed by atoms with E-state index in [1.165, 1.54) is 4.88 Å². The van der Waals surface area contributed by atoms with Crippen molar-refractivity contribution in [1.29, 1.82) is 0 Å². The van der Waals surface area contributed by atoms with Crippen LogP contribution < -0.4 is 5.48 Å². The molecule has 0 aliphatic heterocycles. The van der Waals surface area contributed by atoms with E-state index in [9.17, 15) is 0 Å². The second-order valence-corrected chi connectivity index (χ2v) is 2.90. The van der Waals surface area contributed by atoms with Crippen molar-refractivity contribution in [1.82, 2.24) is 0 Å². The Labute approximate surface area is 65.5 Å². The van der Waals surface area contributed by atoms with Crippen LogP contribution in [-0.2, 0) is 0 Å². The molecule has 1 aromatic heterocycles. The molecule has 1 heterocycles. The third-order valence-corrected chi connectivity index (χ3v) is 1.82. The maximum absolute atomic E-state index is 8.44. The Hall–Kier alpha value is -0.380. The van der Waals surface area contributed by atoms with E-state index < -0.39 is 0 Å². The quantitative estimate of drug-likeness (QED) is 0.602. The Morgan fingerprint density at radius 3 is 2.20 bits per heavy atom. The number of hydrogen-bond acceptors (Lipinski definition) is 2. The van der Waals surface area contributed by atoms with Crippen LogP contribution in [0.5, 0.6) is 0 Å². The molecule has 0 aliphatic rings. The van der Waals surface area contributed by atoms with Crippen LogP contribution in [-0.4, -0.2) is 5.21 Å². The Bertz CT molecular complexity index is 174. The van der Waals surface area contributed by atoms with Gasteiger partial charge in [-0.2, -0.15) is 5.48 Å². The van der Waals surface area contributed by atoms with Crippen LogP contribution in [0.4, 0.5) is 5.00 Å². The molecule has 1 aromatic rings. The predicted molar refractivity (Wildman–Crippen MR) is 43.8 cm³/mol. The molecule has 0 saturated heterocycles. The van der Waals surface area contributed by atoms with Gasteiger partial charge in [-0.05, 0) is 13.0 Å². The topological polar surface area (TPSA) is 36.8 Å². The largest absolute Gasteiger partial charge is 0.217 e. The van der Waals surface area contributed by atoms with Gasteiger partial charge < -0.3 is 0 Å². The van der Waals surface area contributed by atoms with Crippen LogP contribution in [0.1, 0.15) is 18.7 Å². The summed E-state index contributed by atoms with van der Waals surface area (Å²) in [7, 11) is 0. The molecular weight excluding hydrogens is 146 g/mol. The smallest absolute Gasteiger partial charge is 0.214 e. The summed E-state index contributed by atoms with van der Waals surface area (Å²) in [5, 5.41) is 9.36. The third-order valence-electron chi connectivity index (χ3n) is 0.888. The minimum Gasteiger partial charge on any atom is -0.214 e. The third kappa shape index (κ3) is 2.96. The average Bonchev–Trinajstić information content (AvgIpc) is 2.40. The van der Waals surface area contributed by atoms with Gasteiger partial charge in [0, 0.05) is 10.9 Å². The molecule has 0 aliphatic carbocycles. The summed E-state index contributed by atoms with van der Waals surface area (Å²) in [5.74, 6) is 0. The Morgan fingerprint density at radius 2 is 2.00 bits per heavy atom. The van der Waals surface area contributed by atoms with Crippen molar-refractivity contribution in [2.75, 3.05) is 0 Å². The van der Waals surface area contributed by atoms with Crippen molar-refractivity contribution in [2.45, 2.75) is 20.8 Å². The fraction of sp³-hybridized carbons (Fsp3) is 0.429. The summed E-state index contributed by atoms with van der Waals surface area (Å²) in [6.07, 6.45) is 0. The molecule has 3 heteroatoms. The molecule has 0 radical (unpaired) electrons. The van der Waals surface area contributed by atoms with Crippen LogP contribution in [0.2, 0.25) is 0 Å². The van der Waals surface area contributed by atoms with Gasteiger partial charge in [-0.1, -0.05) is 25.2 Å². The summed E-state index contributed by atoms with van der Waals surface area (Å²) in [4.78, 5) is 1.23. The maximum Gasteiger partial charge on any atom is 0.217 e. The number of hydrogen-bond donors (Lipinski definition) is 2. The van der Waals surface area contributed by atoms with E-state index in [0.717, 1.165) is 10.5 Å². The van der Waals surface area contributed by atoms with Crippen LogP contribution in [0.25, 0.3) is 0 Å². The Kier molecular flexibility index (Phi) is 5.20. The van der Waals surface area contributed by atoms with E-state index in [4.69, 9.17) is 5.21 Å². The standard InChI is InChI=1S/C5H7NOS.C2H6/c1-4-2-3-5(6-7)8-4;1-2/h2-3,6-7H,1H3;1-2H3/p+1. The van der Waals surface area contributed by atoms with E-state index >= 15 is 0 Å². The van der Waals surface area contributed by atoms with E-state index in [1.807, 2.05) is 32.9 Å². The zero-order chi connectivity index (χ0) is 7.98. The van der Waals surface area contributed by atoms with E-state index in [-0.39, 0.29) is 0 Å². The zero-order valence-electron chi connectivity index (χ0n) is 6.59. The number of quaternary nitrogens is 1. The number of rotatable bonds is 1. The van der Waals surface area contributed by atoms with E-state index in [2.05, 4.69) is 0 Å². The van der Waals surface area contributed by atoms with Crippen molar-refractivity contribution >= 4 is 16.3 Å². The maximum atomic E-state index is 8.44. The first-order valence-corrected chi connectivity index (χ1v) is 4.18. The molecule has 0 fully saturated rings. The molecule has 10 heavy (non-hydrogen) atoms. The predicted octanol–water partition coefficient (Wildman–Crippen LogP) is 1.67. The van der Waals surface area contributed by atoms with E-state index in [0.29, 0.717) is 0 Å². The molecule has 0 bridgehead atoms. The summed E-state index contributed by atoms with van der Waals surface area (Å²) >= 11 is 1.58. The summed E-state index contributed by atoms with van der Waals surface area (Å²) in [6.45, 7) is 6.01. The molecule has 58 valence electrons. The zero-order valence-corrected chi connectivity index (χ0v) is 7.40. The van der Waals surface area contributed by atoms with Crippen molar-refractivity contribution in [3.8, 4) is 0 Å². The van der Waals surface area contributed by atoms with Gasteiger partial charge in [0.25, 0.3) is 0 Å². The highest BCUT2D eigenvalue weighted by Crippen LogP contribution is 2.14. The van der Waals surface area contributed by atoms with Gasteiger partial charge >= 0.3 is 0 Å². The molecule has 3 N–H and O–H groups in total. The number of nitrogens with two attached hydrogens (primary N) is 1. The fourth-order valence-electron chi connectivity index (χ4n) is 0.523. The molecule has 0 aromatic carbocycles. The molecule has 0 saturated carbocycles. The van der Waals surface area contributed by atoms with Gasteiger partial charge in [0.2, 0.25) is 5.00 Å². The molecular formula is C7H14NOS+. The van der Waals surface area contributed by atoms with Crippen LogP contribution in [0.3, 0.4) is 0 Å². The average molecular weight is 160 g/mol. The first-order valence-electron chi connectivity index (χ1n) is 3.37. The lowest BCUT2D eigenvalue weighted by molar-refractivity contribution is -0.823. The lowest BCUT2D eigenvalue weighted by Gasteiger charge is -1.77. The molecule has 1 rings (SSSR count). The van der Waals surface area contributed by atoms with Gasteiger partial charge in [0.15, 0.2) is 0 Å². The first kappa shape index (κ1) is 9.62. The SMILES string of the molecule is CC.Cc1ccc([NH2+]O)s1. The number of aryl methyl sites for hydroxylation is 1. The number of thiophene rings is 1. The normalized spacial score (nSPS) is 8.40. The lowest BCUT2D eigenvalue weighted by atomic mass is 10.5. The summed E-state index contributed by atoms with van der Waals surface area (Å²) in [6, 6.07) is 3.87. The van der Waals surface area contributed by atoms with Crippen molar-refractivity contribution in [3.63, 3.8) is 0 Å². The van der Waals surface area contributed by atoms with E-state index in [1.54, 1.807) is 11.3 Å². The summed E-state index contributed by atoms with van der Waals surface area (Å²) in [5.41, 5.74) is 1.12. The van der Waals surface area contributed by atoms with Gasteiger partial charge in [-0.15, -0.1) is 0 Å². The molecule has 2 nitrogen and oxygen atoms in total. The molecule has 0 amide bonds.